The van der Waals surface area contributed by atoms with Gasteiger partial charge in [-0.25, -0.2) is 0 Å². The summed E-state index contributed by atoms with van der Waals surface area (Å²) in [5.74, 6) is 0. The van der Waals surface area contributed by atoms with Crippen LogP contribution >= 0.6 is 0 Å². The van der Waals surface area contributed by atoms with Crippen LogP contribution in [0.1, 0.15) is 11.1 Å². The first-order valence-corrected chi connectivity index (χ1v) is 6.49. The Morgan fingerprint density at radius 3 is 2.45 bits per heavy atom. The van der Waals surface area contributed by atoms with Gasteiger partial charge in [0.25, 0.3) is 0 Å². The molecule has 20 heavy (non-hydrogen) atoms. The van der Waals surface area contributed by atoms with Gasteiger partial charge in [-0.05, 0) is 24.7 Å². The molecule has 0 amide bonds. The average molecular weight is 289 g/mol. The number of benzene rings is 1. The van der Waals surface area contributed by atoms with E-state index in [1.165, 1.54) is 12.1 Å². The van der Waals surface area contributed by atoms with Crippen molar-refractivity contribution in [1.82, 2.24) is 4.90 Å². The number of nitrogens with zero attached hydrogens (tertiary/aromatic N) is 1. The van der Waals surface area contributed by atoms with Crippen molar-refractivity contribution in [2.24, 2.45) is 0 Å². The Morgan fingerprint density at radius 1 is 1.20 bits per heavy atom. The molecule has 1 fully saturated rings. The molecule has 3 nitrogen and oxygen atoms in total. The predicted octanol–water partition coefficient (Wildman–Crippen LogP) is 2.55. The summed E-state index contributed by atoms with van der Waals surface area (Å²) >= 11 is 0. The van der Waals surface area contributed by atoms with Crippen molar-refractivity contribution in [3.05, 3.63) is 35.4 Å². The topological polar surface area (TPSA) is 21.7 Å². The number of rotatable bonds is 4. The summed E-state index contributed by atoms with van der Waals surface area (Å²) in [5.41, 5.74) is 0.227. The second-order valence-corrected chi connectivity index (χ2v) is 4.96. The van der Waals surface area contributed by atoms with E-state index in [2.05, 4.69) is 0 Å². The predicted molar refractivity (Wildman–Crippen MR) is 68.3 cm³/mol. The van der Waals surface area contributed by atoms with Crippen LogP contribution in [0.5, 0.6) is 0 Å². The number of halogens is 3. The molecule has 1 aliphatic heterocycles. The van der Waals surface area contributed by atoms with Crippen molar-refractivity contribution in [1.29, 1.82) is 0 Å². The van der Waals surface area contributed by atoms with Crippen LogP contribution in [0.15, 0.2) is 24.3 Å². The molecule has 0 spiro atoms. The van der Waals surface area contributed by atoms with Gasteiger partial charge in [-0.2, -0.15) is 13.2 Å². The number of likely N-dealkylation sites (N-methyl/N-ethyl adjacent to an activating group) is 1. The van der Waals surface area contributed by atoms with E-state index < -0.39 is 11.7 Å². The van der Waals surface area contributed by atoms with Crippen molar-refractivity contribution in [3.63, 3.8) is 0 Å². The van der Waals surface area contributed by atoms with Crippen LogP contribution < -0.4 is 0 Å². The van der Waals surface area contributed by atoms with Crippen LogP contribution in [0.4, 0.5) is 13.2 Å². The zero-order chi connectivity index (χ0) is 14.6. The lowest BCUT2D eigenvalue weighted by Gasteiger charge is -2.27. The molecule has 112 valence electrons. The molecule has 1 aromatic rings. The Kier molecular flexibility index (Phi) is 5.01. The molecule has 0 bridgehead atoms. The number of hydrogen-bond donors (Lipinski definition) is 0. The van der Waals surface area contributed by atoms with E-state index in [4.69, 9.17) is 9.47 Å². The van der Waals surface area contributed by atoms with E-state index in [1.54, 1.807) is 0 Å². The molecule has 0 aromatic heterocycles. The Hall–Kier alpha value is -1.11. The number of alkyl halides is 3. The second kappa shape index (κ2) is 6.56. The lowest BCUT2D eigenvalue weighted by molar-refractivity contribution is -0.137. The normalized spacial score (nSPS) is 20.4. The molecule has 0 N–H and O–H groups in total. The third-order valence-corrected chi connectivity index (χ3v) is 3.13. The Balaban J connectivity index is 1.86. The fourth-order valence-corrected chi connectivity index (χ4v) is 2.16. The van der Waals surface area contributed by atoms with Gasteiger partial charge >= 0.3 is 6.18 Å². The molecule has 6 heteroatoms. The van der Waals surface area contributed by atoms with Gasteiger partial charge in [-0.1, -0.05) is 12.1 Å². The second-order valence-electron chi connectivity index (χ2n) is 4.96. The van der Waals surface area contributed by atoms with Gasteiger partial charge in [0.1, 0.15) is 0 Å². The van der Waals surface area contributed by atoms with Crippen LogP contribution in [-0.4, -0.2) is 44.4 Å². The highest BCUT2D eigenvalue weighted by Crippen LogP contribution is 2.29. The van der Waals surface area contributed by atoms with Gasteiger partial charge in [0.2, 0.25) is 0 Å². The minimum atomic E-state index is -4.28. The SMILES string of the molecule is CN(Cc1ccc(C(F)(F)F)cc1)C[C@H]1COCCO1. The van der Waals surface area contributed by atoms with Gasteiger partial charge in [0.05, 0.1) is 31.5 Å². The number of ether oxygens (including phenoxy) is 2. The first-order valence-electron chi connectivity index (χ1n) is 6.49. The van der Waals surface area contributed by atoms with Crippen LogP contribution in [-0.2, 0) is 22.2 Å². The molecule has 1 atom stereocenters. The maximum Gasteiger partial charge on any atom is 0.416 e. The molecule has 1 aromatic carbocycles. The largest absolute Gasteiger partial charge is 0.416 e. The highest BCUT2D eigenvalue weighted by atomic mass is 19.4. The van der Waals surface area contributed by atoms with Gasteiger partial charge < -0.3 is 9.47 Å². The standard InChI is InChI=1S/C14H18F3NO2/c1-18(9-13-10-19-6-7-20-13)8-11-2-4-12(5-3-11)14(15,16)17/h2-5,13H,6-10H2,1H3/t13-/m0/s1. The molecule has 2 rings (SSSR count). The van der Waals surface area contributed by atoms with E-state index >= 15 is 0 Å². The summed E-state index contributed by atoms with van der Waals surface area (Å²) in [4.78, 5) is 2.02. The molecular formula is C14H18F3NO2. The summed E-state index contributed by atoms with van der Waals surface area (Å²) < 4.78 is 48.2. The average Bonchev–Trinajstić information content (AvgIpc) is 2.39. The monoisotopic (exact) mass is 289 g/mol. The minimum Gasteiger partial charge on any atom is -0.376 e. The highest BCUT2D eigenvalue weighted by Gasteiger charge is 2.29. The van der Waals surface area contributed by atoms with Crippen molar-refractivity contribution >= 4 is 0 Å². The third-order valence-electron chi connectivity index (χ3n) is 3.13. The summed E-state index contributed by atoms with van der Waals surface area (Å²) in [7, 11) is 1.91. The fourth-order valence-electron chi connectivity index (χ4n) is 2.16. The highest BCUT2D eigenvalue weighted by molar-refractivity contribution is 5.24. The van der Waals surface area contributed by atoms with Crippen molar-refractivity contribution < 1.29 is 22.6 Å². The first-order chi connectivity index (χ1) is 9.45. The van der Waals surface area contributed by atoms with Crippen LogP contribution in [0, 0.1) is 0 Å². The summed E-state index contributed by atoms with van der Waals surface area (Å²) in [5, 5.41) is 0. The van der Waals surface area contributed by atoms with E-state index in [0.29, 0.717) is 32.9 Å². The van der Waals surface area contributed by atoms with E-state index in [9.17, 15) is 13.2 Å². The van der Waals surface area contributed by atoms with E-state index in [0.717, 1.165) is 17.7 Å². The van der Waals surface area contributed by atoms with Crippen LogP contribution in [0.3, 0.4) is 0 Å². The lowest BCUT2D eigenvalue weighted by Crippen LogP contribution is -2.38. The first kappa shape index (κ1) is 15.3. The molecule has 0 radical (unpaired) electrons. The van der Waals surface area contributed by atoms with Gasteiger partial charge in [-0.3, -0.25) is 4.90 Å². The van der Waals surface area contributed by atoms with Crippen molar-refractivity contribution in [2.45, 2.75) is 18.8 Å². The Labute approximate surface area is 116 Å². The van der Waals surface area contributed by atoms with Crippen LogP contribution in [0.2, 0.25) is 0 Å². The maximum atomic E-state index is 12.5. The molecule has 0 aliphatic carbocycles. The molecule has 1 aliphatic rings. The van der Waals surface area contributed by atoms with Crippen molar-refractivity contribution in [3.8, 4) is 0 Å². The van der Waals surface area contributed by atoms with Gasteiger partial charge in [0.15, 0.2) is 0 Å². The molecule has 0 unspecified atom stereocenters. The lowest BCUT2D eigenvalue weighted by atomic mass is 10.1. The van der Waals surface area contributed by atoms with Crippen LogP contribution in [0.25, 0.3) is 0 Å². The molecular weight excluding hydrogens is 271 g/mol. The van der Waals surface area contributed by atoms with Crippen molar-refractivity contribution in [2.75, 3.05) is 33.4 Å². The molecule has 1 heterocycles. The summed E-state index contributed by atoms with van der Waals surface area (Å²) in [6.45, 7) is 3.06. The zero-order valence-corrected chi connectivity index (χ0v) is 11.3. The third kappa shape index (κ3) is 4.47. The van der Waals surface area contributed by atoms with Gasteiger partial charge in [0, 0.05) is 13.1 Å². The molecule has 0 saturated carbocycles. The zero-order valence-electron chi connectivity index (χ0n) is 11.3. The fraction of sp³-hybridized carbons (Fsp3) is 0.571. The Bertz CT molecular complexity index is 413. The Morgan fingerprint density at radius 2 is 1.90 bits per heavy atom. The summed E-state index contributed by atoms with van der Waals surface area (Å²) in [6, 6.07) is 5.25. The molecule has 1 saturated heterocycles. The van der Waals surface area contributed by atoms with E-state index in [-0.39, 0.29) is 6.10 Å². The quantitative estimate of drug-likeness (QED) is 0.850. The van der Waals surface area contributed by atoms with Gasteiger partial charge in [-0.15, -0.1) is 0 Å². The number of hydrogen-bond acceptors (Lipinski definition) is 3. The van der Waals surface area contributed by atoms with E-state index in [1.807, 2.05) is 11.9 Å². The smallest absolute Gasteiger partial charge is 0.376 e. The maximum absolute atomic E-state index is 12.5. The summed E-state index contributed by atoms with van der Waals surface area (Å²) in [6.07, 6.45) is -4.25. The minimum absolute atomic E-state index is 0.0307.